The molecular weight excluding hydrogens is 288 g/mol. The summed E-state index contributed by atoms with van der Waals surface area (Å²) in [6, 6.07) is 13.2. The van der Waals surface area contributed by atoms with Gasteiger partial charge in [-0.25, -0.2) is 0 Å². The number of amides is 1. The summed E-state index contributed by atoms with van der Waals surface area (Å²) in [5.74, 6) is -0.0162. The van der Waals surface area contributed by atoms with Crippen molar-refractivity contribution in [1.82, 2.24) is 15.6 Å². The van der Waals surface area contributed by atoms with Crippen LogP contribution in [0.5, 0.6) is 0 Å². The molecule has 5 nitrogen and oxygen atoms in total. The Morgan fingerprint density at radius 2 is 2.04 bits per heavy atom. The average molecular weight is 310 g/mol. The maximum atomic E-state index is 12.5. The zero-order valence-corrected chi connectivity index (χ0v) is 13.2. The molecule has 2 fully saturated rings. The lowest BCUT2D eigenvalue weighted by molar-refractivity contribution is 0.0926. The molecule has 1 aromatic heterocycles. The fourth-order valence-electron chi connectivity index (χ4n) is 3.85. The van der Waals surface area contributed by atoms with Crippen molar-refractivity contribution in [2.24, 2.45) is 0 Å². The van der Waals surface area contributed by atoms with Crippen molar-refractivity contribution in [3.05, 3.63) is 42.1 Å². The quantitative estimate of drug-likeness (QED) is 0.701. The van der Waals surface area contributed by atoms with Crippen LogP contribution < -0.4 is 16.0 Å². The maximum absolute atomic E-state index is 12.5. The lowest BCUT2D eigenvalue weighted by Gasteiger charge is -2.21. The number of benzene rings is 1. The molecule has 0 unspecified atom stereocenters. The topological polar surface area (TPSA) is 69.0 Å². The minimum Gasteiger partial charge on any atom is -0.388 e. The van der Waals surface area contributed by atoms with Gasteiger partial charge < -0.3 is 20.9 Å². The number of hydrogen-bond acceptors (Lipinski definition) is 3. The summed E-state index contributed by atoms with van der Waals surface area (Å²) < 4.78 is 0. The number of aromatic amines is 1. The number of nitrogens with one attached hydrogen (secondary N) is 4. The number of hydrogen-bond donors (Lipinski definition) is 4. The van der Waals surface area contributed by atoms with Crippen LogP contribution in [0, 0.1) is 0 Å². The van der Waals surface area contributed by atoms with Gasteiger partial charge >= 0.3 is 0 Å². The smallest absolute Gasteiger partial charge is 0.267 e. The van der Waals surface area contributed by atoms with Crippen molar-refractivity contribution in [3.63, 3.8) is 0 Å². The molecule has 3 atom stereocenters. The number of anilines is 1. The normalized spacial score (nSPS) is 25.5. The highest BCUT2D eigenvalue weighted by molar-refractivity contribution is 5.94. The van der Waals surface area contributed by atoms with Gasteiger partial charge in [0, 0.05) is 42.1 Å². The Kier molecular flexibility index (Phi) is 3.58. The van der Waals surface area contributed by atoms with Crippen LogP contribution in [0.15, 0.2) is 36.4 Å². The Bertz CT molecular complexity index is 723. The molecule has 1 amide bonds. The van der Waals surface area contributed by atoms with Crippen molar-refractivity contribution in [3.8, 4) is 11.3 Å². The minimum atomic E-state index is -0.0162. The Morgan fingerprint density at radius 1 is 1.17 bits per heavy atom. The first kappa shape index (κ1) is 14.3. The highest BCUT2D eigenvalue weighted by atomic mass is 16.2. The van der Waals surface area contributed by atoms with Crippen LogP contribution in [0.4, 0.5) is 5.69 Å². The van der Waals surface area contributed by atoms with E-state index in [2.05, 4.69) is 20.9 Å². The van der Waals surface area contributed by atoms with E-state index in [4.69, 9.17) is 0 Å². The molecule has 4 rings (SSSR count). The number of H-pyrrole nitrogens is 1. The Morgan fingerprint density at radius 3 is 2.78 bits per heavy atom. The second-order valence-corrected chi connectivity index (χ2v) is 6.44. The molecule has 4 N–H and O–H groups in total. The second kappa shape index (κ2) is 5.74. The Hall–Kier alpha value is -2.27. The molecular formula is C18H22N4O. The monoisotopic (exact) mass is 310 g/mol. The van der Waals surface area contributed by atoms with Crippen LogP contribution in [0.3, 0.4) is 0 Å². The standard InChI is InChI=1S/C18H22N4O/c1-19-13-5-3-2-4-12(13)14-8-9-16(21-14)18(23)22-17-10-11-6-7-15(17)20-11/h2-5,8-9,11,15,17,19-21H,6-7,10H2,1H3,(H,22,23)/t11-,15+,17-/m1/s1. The van der Waals surface area contributed by atoms with Crippen molar-refractivity contribution < 1.29 is 4.79 Å². The number of carbonyl (C=O) groups excluding carboxylic acids is 1. The number of fused-ring (bicyclic) bond motifs is 2. The highest BCUT2D eigenvalue weighted by Crippen LogP contribution is 2.29. The van der Waals surface area contributed by atoms with Crippen molar-refractivity contribution in [1.29, 1.82) is 0 Å². The summed E-state index contributed by atoms with van der Waals surface area (Å²) in [5, 5.41) is 9.90. The van der Waals surface area contributed by atoms with E-state index >= 15 is 0 Å². The molecule has 3 heterocycles. The molecule has 2 aliphatic rings. The number of aromatic nitrogens is 1. The molecule has 120 valence electrons. The first-order valence-corrected chi connectivity index (χ1v) is 8.27. The minimum absolute atomic E-state index is 0.0162. The third-order valence-corrected chi connectivity index (χ3v) is 5.03. The first-order valence-electron chi connectivity index (χ1n) is 8.27. The Balaban J connectivity index is 1.50. The van der Waals surface area contributed by atoms with E-state index in [1.165, 1.54) is 12.8 Å². The van der Waals surface area contributed by atoms with Gasteiger partial charge in [-0.1, -0.05) is 18.2 Å². The van der Waals surface area contributed by atoms with Crippen molar-refractivity contribution in [2.45, 2.75) is 37.4 Å². The number of carbonyl (C=O) groups is 1. The maximum Gasteiger partial charge on any atom is 0.267 e. The molecule has 2 saturated heterocycles. The summed E-state index contributed by atoms with van der Waals surface area (Å²) in [4.78, 5) is 15.7. The van der Waals surface area contributed by atoms with Gasteiger partial charge in [0.15, 0.2) is 0 Å². The number of para-hydroxylation sites is 1. The van der Waals surface area contributed by atoms with E-state index in [0.717, 1.165) is 23.4 Å². The second-order valence-electron chi connectivity index (χ2n) is 6.44. The van der Waals surface area contributed by atoms with Crippen LogP contribution in [0.25, 0.3) is 11.3 Å². The van der Waals surface area contributed by atoms with Gasteiger partial charge in [-0.3, -0.25) is 4.79 Å². The van der Waals surface area contributed by atoms with Crippen LogP contribution >= 0.6 is 0 Å². The third-order valence-electron chi connectivity index (χ3n) is 5.03. The molecule has 23 heavy (non-hydrogen) atoms. The molecule has 2 aromatic rings. The first-order chi connectivity index (χ1) is 11.2. The van der Waals surface area contributed by atoms with Gasteiger partial charge in [0.25, 0.3) is 5.91 Å². The van der Waals surface area contributed by atoms with Crippen molar-refractivity contribution in [2.75, 3.05) is 12.4 Å². The van der Waals surface area contributed by atoms with Crippen LogP contribution in [0.2, 0.25) is 0 Å². The van der Waals surface area contributed by atoms with Crippen LogP contribution in [-0.4, -0.2) is 36.1 Å². The van der Waals surface area contributed by atoms with Gasteiger partial charge in [0.1, 0.15) is 5.69 Å². The fraction of sp³-hybridized carbons (Fsp3) is 0.389. The van der Waals surface area contributed by atoms with Crippen molar-refractivity contribution >= 4 is 11.6 Å². The van der Waals surface area contributed by atoms with E-state index in [9.17, 15) is 4.79 Å². The summed E-state index contributed by atoms with van der Waals surface area (Å²) >= 11 is 0. The van der Waals surface area contributed by atoms with Gasteiger partial charge in [-0.05, 0) is 37.5 Å². The Labute approximate surface area is 135 Å². The van der Waals surface area contributed by atoms with E-state index in [0.29, 0.717) is 17.8 Å². The van der Waals surface area contributed by atoms with E-state index in [1.54, 1.807) is 0 Å². The molecule has 0 radical (unpaired) electrons. The molecule has 5 heteroatoms. The summed E-state index contributed by atoms with van der Waals surface area (Å²) in [5.41, 5.74) is 3.68. The van der Waals surface area contributed by atoms with E-state index in [1.807, 2.05) is 43.4 Å². The molecule has 1 aromatic carbocycles. The zero-order valence-electron chi connectivity index (χ0n) is 13.2. The largest absolute Gasteiger partial charge is 0.388 e. The van der Waals surface area contributed by atoms with Crippen LogP contribution in [-0.2, 0) is 0 Å². The van der Waals surface area contributed by atoms with Gasteiger partial charge in [-0.15, -0.1) is 0 Å². The van der Waals surface area contributed by atoms with Gasteiger partial charge in [0.05, 0.1) is 0 Å². The predicted molar refractivity (Wildman–Crippen MR) is 91.6 cm³/mol. The van der Waals surface area contributed by atoms with E-state index < -0.39 is 0 Å². The molecule has 0 saturated carbocycles. The third kappa shape index (κ3) is 2.61. The zero-order chi connectivity index (χ0) is 15.8. The van der Waals surface area contributed by atoms with Gasteiger partial charge in [-0.2, -0.15) is 0 Å². The lowest BCUT2D eigenvalue weighted by atomic mass is 9.95. The SMILES string of the molecule is CNc1ccccc1-c1ccc(C(=O)N[C@@H]2C[C@H]3CC[C@@H]2N3)[nH]1. The molecule has 0 spiro atoms. The lowest BCUT2D eigenvalue weighted by Crippen LogP contribution is -2.43. The summed E-state index contributed by atoms with van der Waals surface area (Å²) in [6.07, 6.45) is 3.46. The molecule has 2 aliphatic heterocycles. The average Bonchev–Trinajstić information content (AvgIpc) is 3.31. The van der Waals surface area contributed by atoms with Gasteiger partial charge in [0.2, 0.25) is 0 Å². The predicted octanol–water partition coefficient (Wildman–Crippen LogP) is 2.35. The number of rotatable bonds is 4. The van der Waals surface area contributed by atoms with Crippen LogP contribution in [0.1, 0.15) is 29.8 Å². The fourth-order valence-corrected chi connectivity index (χ4v) is 3.85. The van der Waals surface area contributed by atoms with E-state index in [-0.39, 0.29) is 11.9 Å². The molecule has 0 aliphatic carbocycles. The summed E-state index contributed by atoms with van der Waals surface area (Å²) in [7, 11) is 1.90. The summed E-state index contributed by atoms with van der Waals surface area (Å²) in [6.45, 7) is 0. The molecule has 2 bridgehead atoms. The highest BCUT2D eigenvalue weighted by Gasteiger charge is 2.39.